The van der Waals surface area contributed by atoms with Gasteiger partial charge in [-0.25, -0.2) is 4.57 Å². The standard InChI is InChI=1S/C24H29N7O2/c1-3-4-5-20-18-14-19(22(32)15-21(18)26-25-20)23-27-28-24(33)31(23)17-8-6-16(7-9-17)30-12-10-29(2)11-13-30/h6-9,14-15,32H,3-5,10-13H2,1-2H3,(H,25,26)(H,28,33). The zero-order valence-corrected chi connectivity index (χ0v) is 19.0. The molecule has 2 aromatic heterocycles. The molecule has 9 nitrogen and oxygen atoms in total. The number of fused-ring (bicyclic) bond motifs is 1. The minimum atomic E-state index is -0.227. The van der Waals surface area contributed by atoms with E-state index in [9.17, 15) is 10.2 Å². The van der Waals surface area contributed by atoms with E-state index in [1.165, 1.54) is 0 Å². The Morgan fingerprint density at radius 2 is 1.70 bits per heavy atom. The van der Waals surface area contributed by atoms with Gasteiger partial charge in [-0.3, -0.25) is 5.10 Å². The van der Waals surface area contributed by atoms with Crippen LogP contribution in [0.1, 0.15) is 25.5 Å². The summed E-state index contributed by atoms with van der Waals surface area (Å²) in [5, 5.41) is 37.7. The molecule has 1 aliphatic rings. The van der Waals surface area contributed by atoms with Gasteiger partial charge >= 0.3 is 6.01 Å². The lowest BCUT2D eigenvalue weighted by Gasteiger charge is -2.34. The van der Waals surface area contributed by atoms with E-state index in [4.69, 9.17) is 0 Å². The molecule has 0 atom stereocenters. The van der Waals surface area contributed by atoms with Crippen molar-refractivity contribution in [3.8, 4) is 28.8 Å². The van der Waals surface area contributed by atoms with Gasteiger partial charge in [0, 0.05) is 43.3 Å². The van der Waals surface area contributed by atoms with Gasteiger partial charge in [0.1, 0.15) is 5.75 Å². The molecule has 0 amide bonds. The summed E-state index contributed by atoms with van der Waals surface area (Å²) in [5.41, 5.74) is 4.10. The first-order valence-corrected chi connectivity index (χ1v) is 11.4. The lowest BCUT2D eigenvalue weighted by Crippen LogP contribution is -2.44. The number of unbranched alkanes of at least 4 members (excludes halogenated alkanes) is 1. The van der Waals surface area contributed by atoms with E-state index in [1.807, 2.05) is 30.3 Å². The predicted octanol–water partition coefficient (Wildman–Crippen LogP) is 3.32. The highest BCUT2D eigenvalue weighted by Crippen LogP contribution is 2.36. The first kappa shape index (κ1) is 21.3. The molecule has 5 rings (SSSR count). The van der Waals surface area contributed by atoms with Gasteiger partial charge in [-0.15, -0.1) is 5.10 Å². The number of aromatic nitrogens is 5. The SMILES string of the molecule is CCCCc1n[nH]c2cc(O)c(-c3nnc(O)n3-c3ccc(N4CCN(C)CC4)cc3)cc12. The second-order valence-corrected chi connectivity index (χ2v) is 8.65. The maximum Gasteiger partial charge on any atom is 0.319 e. The fourth-order valence-corrected chi connectivity index (χ4v) is 4.39. The van der Waals surface area contributed by atoms with Crippen molar-refractivity contribution in [3.63, 3.8) is 0 Å². The molecule has 0 spiro atoms. The number of likely N-dealkylation sites (N-methyl/N-ethyl adjacent to an activating group) is 1. The van der Waals surface area contributed by atoms with Crippen molar-refractivity contribution in [1.29, 1.82) is 0 Å². The van der Waals surface area contributed by atoms with Crippen LogP contribution in [0, 0.1) is 0 Å². The summed E-state index contributed by atoms with van der Waals surface area (Å²) in [5.74, 6) is 0.429. The maximum atomic E-state index is 10.7. The number of phenols is 1. The van der Waals surface area contributed by atoms with Crippen LogP contribution in [0.2, 0.25) is 0 Å². The van der Waals surface area contributed by atoms with Crippen LogP contribution in [0.15, 0.2) is 36.4 Å². The summed E-state index contributed by atoms with van der Waals surface area (Å²) >= 11 is 0. The van der Waals surface area contributed by atoms with Gasteiger partial charge in [-0.1, -0.05) is 18.4 Å². The molecule has 2 aromatic carbocycles. The Kier molecular flexibility index (Phi) is 5.63. The average Bonchev–Trinajstić information content (AvgIpc) is 3.40. The van der Waals surface area contributed by atoms with Gasteiger partial charge in [0.05, 0.1) is 22.5 Å². The molecule has 0 aliphatic carbocycles. The number of rotatable bonds is 6. The van der Waals surface area contributed by atoms with Crippen LogP contribution in [0.3, 0.4) is 0 Å². The van der Waals surface area contributed by atoms with Gasteiger partial charge in [0.25, 0.3) is 0 Å². The minimum absolute atomic E-state index is 0.0518. The van der Waals surface area contributed by atoms with E-state index in [-0.39, 0.29) is 11.8 Å². The molecule has 33 heavy (non-hydrogen) atoms. The topological polar surface area (TPSA) is 106 Å². The van der Waals surface area contributed by atoms with Crippen molar-refractivity contribution in [2.24, 2.45) is 0 Å². The Morgan fingerprint density at radius 1 is 0.970 bits per heavy atom. The van der Waals surface area contributed by atoms with E-state index in [2.05, 4.69) is 44.2 Å². The zero-order chi connectivity index (χ0) is 22.9. The summed E-state index contributed by atoms with van der Waals surface area (Å²) in [6, 6.07) is 11.3. The zero-order valence-electron chi connectivity index (χ0n) is 19.0. The smallest absolute Gasteiger partial charge is 0.319 e. The number of hydrogen-bond donors (Lipinski definition) is 3. The third kappa shape index (κ3) is 4.00. The van der Waals surface area contributed by atoms with E-state index < -0.39 is 0 Å². The minimum Gasteiger partial charge on any atom is -0.507 e. The first-order chi connectivity index (χ1) is 16.0. The Bertz CT molecular complexity index is 1250. The van der Waals surface area contributed by atoms with Crippen LogP contribution in [0.25, 0.3) is 28.0 Å². The van der Waals surface area contributed by atoms with Crippen LogP contribution in [0.5, 0.6) is 11.8 Å². The monoisotopic (exact) mass is 447 g/mol. The van der Waals surface area contributed by atoms with Crippen molar-refractivity contribution < 1.29 is 10.2 Å². The second-order valence-electron chi connectivity index (χ2n) is 8.65. The molecule has 0 radical (unpaired) electrons. The van der Waals surface area contributed by atoms with Crippen molar-refractivity contribution in [1.82, 2.24) is 29.9 Å². The van der Waals surface area contributed by atoms with Gasteiger partial charge in [0.15, 0.2) is 5.82 Å². The Hall–Kier alpha value is -3.59. The van der Waals surface area contributed by atoms with E-state index in [0.29, 0.717) is 11.4 Å². The second kappa shape index (κ2) is 8.74. The highest BCUT2D eigenvalue weighted by Gasteiger charge is 2.21. The molecular weight excluding hydrogens is 418 g/mol. The summed E-state index contributed by atoms with van der Waals surface area (Å²) < 4.78 is 1.56. The lowest BCUT2D eigenvalue weighted by molar-refractivity contribution is 0.313. The summed E-state index contributed by atoms with van der Waals surface area (Å²) in [4.78, 5) is 4.68. The van der Waals surface area contributed by atoms with Crippen LogP contribution >= 0.6 is 0 Å². The van der Waals surface area contributed by atoms with Crippen molar-refractivity contribution in [2.45, 2.75) is 26.2 Å². The largest absolute Gasteiger partial charge is 0.507 e. The molecular formula is C24H29N7O2. The number of aromatic amines is 1. The van der Waals surface area contributed by atoms with Crippen LogP contribution in [-0.4, -0.2) is 73.3 Å². The number of aryl methyl sites for hydroxylation is 1. The molecule has 3 N–H and O–H groups in total. The highest BCUT2D eigenvalue weighted by atomic mass is 16.3. The number of phenolic OH excluding ortho intramolecular Hbond substituents is 1. The number of H-pyrrole nitrogens is 1. The fraction of sp³-hybridized carbons (Fsp3) is 0.375. The van der Waals surface area contributed by atoms with Gasteiger partial charge in [0.2, 0.25) is 0 Å². The van der Waals surface area contributed by atoms with E-state index >= 15 is 0 Å². The number of aromatic hydroxyl groups is 2. The average molecular weight is 448 g/mol. The predicted molar refractivity (Wildman–Crippen MR) is 128 cm³/mol. The molecule has 172 valence electrons. The van der Waals surface area contributed by atoms with Crippen LogP contribution in [0.4, 0.5) is 5.69 Å². The summed E-state index contributed by atoms with van der Waals surface area (Å²) in [6.45, 7) is 6.19. The van der Waals surface area contributed by atoms with Gasteiger partial charge in [-0.2, -0.15) is 5.10 Å². The van der Waals surface area contributed by atoms with E-state index in [0.717, 1.165) is 73.4 Å². The summed E-state index contributed by atoms with van der Waals surface area (Å²) in [6.07, 6.45) is 2.96. The van der Waals surface area contributed by atoms with Crippen LogP contribution in [-0.2, 0) is 6.42 Å². The molecule has 0 bridgehead atoms. The van der Waals surface area contributed by atoms with Gasteiger partial charge in [-0.05, 0) is 50.2 Å². The molecule has 0 saturated carbocycles. The van der Waals surface area contributed by atoms with E-state index in [1.54, 1.807) is 10.6 Å². The summed E-state index contributed by atoms with van der Waals surface area (Å²) in [7, 11) is 2.14. The molecule has 4 aromatic rings. The molecule has 1 aliphatic heterocycles. The highest BCUT2D eigenvalue weighted by molar-refractivity contribution is 5.89. The van der Waals surface area contributed by atoms with Crippen molar-refractivity contribution in [3.05, 3.63) is 42.1 Å². The Balaban J connectivity index is 1.51. The fourth-order valence-electron chi connectivity index (χ4n) is 4.39. The molecule has 0 unspecified atom stereocenters. The lowest BCUT2D eigenvalue weighted by atomic mass is 10.1. The molecule has 9 heteroatoms. The number of nitrogens with zero attached hydrogens (tertiary/aromatic N) is 6. The van der Waals surface area contributed by atoms with Crippen molar-refractivity contribution in [2.75, 3.05) is 38.1 Å². The van der Waals surface area contributed by atoms with Gasteiger partial charge < -0.3 is 20.0 Å². The molecule has 1 saturated heterocycles. The third-order valence-electron chi connectivity index (χ3n) is 6.39. The maximum absolute atomic E-state index is 10.7. The number of piperazine rings is 1. The number of hydrogen-bond acceptors (Lipinski definition) is 7. The number of benzene rings is 2. The van der Waals surface area contributed by atoms with Crippen LogP contribution < -0.4 is 4.90 Å². The Labute approximate surface area is 192 Å². The molecule has 1 fully saturated rings. The quantitative estimate of drug-likeness (QED) is 0.416. The normalized spacial score (nSPS) is 14.9. The number of nitrogens with one attached hydrogen (secondary N) is 1. The van der Waals surface area contributed by atoms with Crippen molar-refractivity contribution >= 4 is 16.6 Å². The molecule has 3 heterocycles. The Morgan fingerprint density at radius 3 is 2.42 bits per heavy atom. The number of anilines is 1. The third-order valence-corrected chi connectivity index (χ3v) is 6.39. The first-order valence-electron chi connectivity index (χ1n) is 11.4.